The Kier molecular flexibility index (Phi) is 2.17. The minimum absolute atomic E-state index is 0.522. The Balaban J connectivity index is 3.02. The third kappa shape index (κ3) is 1.47. The van der Waals surface area contributed by atoms with Gasteiger partial charge >= 0.3 is 5.97 Å². The SMILES string of the molecule is Cc1cn(C)nc1C(C)C(=O)O. The average molecular weight is 168 g/mol. The normalized spacial score (nSPS) is 12.9. The van der Waals surface area contributed by atoms with Crippen molar-refractivity contribution in [3.8, 4) is 0 Å². The molecule has 4 heteroatoms. The number of carboxylic acids is 1. The highest BCUT2D eigenvalue weighted by atomic mass is 16.4. The van der Waals surface area contributed by atoms with Crippen LogP contribution in [-0.4, -0.2) is 20.9 Å². The zero-order valence-corrected chi connectivity index (χ0v) is 7.40. The zero-order chi connectivity index (χ0) is 9.30. The molecule has 0 radical (unpaired) electrons. The summed E-state index contributed by atoms with van der Waals surface area (Å²) in [5.41, 5.74) is 1.57. The quantitative estimate of drug-likeness (QED) is 0.714. The molecular weight excluding hydrogens is 156 g/mol. The van der Waals surface area contributed by atoms with E-state index in [1.54, 1.807) is 18.7 Å². The predicted molar refractivity (Wildman–Crippen MR) is 44.0 cm³/mol. The molecule has 0 saturated heterocycles. The van der Waals surface area contributed by atoms with Gasteiger partial charge in [-0.1, -0.05) is 0 Å². The molecule has 1 unspecified atom stereocenters. The molecule has 1 N–H and O–H groups in total. The maximum atomic E-state index is 10.6. The zero-order valence-electron chi connectivity index (χ0n) is 7.40. The van der Waals surface area contributed by atoms with Gasteiger partial charge in [-0.3, -0.25) is 9.48 Å². The Bertz CT molecular complexity index is 304. The van der Waals surface area contributed by atoms with E-state index in [9.17, 15) is 4.79 Å². The molecule has 0 aliphatic carbocycles. The number of aromatic nitrogens is 2. The summed E-state index contributed by atoms with van der Waals surface area (Å²) in [5, 5.41) is 12.8. The van der Waals surface area contributed by atoms with E-state index in [0.717, 1.165) is 5.56 Å². The number of rotatable bonds is 2. The molecule has 1 aromatic heterocycles. The maximum Gasteiger partial charge on any atom is 0.312 e. The predicted octanol–water partition coefficient (Wildman–Crippen LogP) is 0.917. The monoisotopic (exact) mass is 168 g/mol. The molecule has 0 bridgehead atoms. The van der Waals surface area contributed by atoms with Gasteiger partial charge in [-0.2, -0.15) is 5.10 Å². The smallest absolute Gasteiger partial charge is 0.312 e. The molecule has 1 aromatic rings. The standard InChI is InChI=1S/C8H12N2O2/c1-5-4-10(3)9-7(5)6(2)8(11)12/h4,6H,1-3H3,(H,11,12). The Morgan fingerprint density at radius 2 is 2.33 bits per heavy atom. The van der Waals surface area contributed by atoms with Crippen LogP contribution in [0.25, 0.3) is 0 Å². The van der Waals surface area contributed by atoms with Crippen molar-refractivity contribution in [1.29, 1.82) is 0 Å². The molecule has 66 valence electrons. The summed E-state index contributed by atoms with van der Waals surface area (Å²) in [6.45, 7) is 3.50. The van der Waals surface area contributed by atoms with Crippen molar-refractivity contribution in [1.82, 2.24) is 9.78 Å². The number of carboxylic acid groups (broad SMARTS) is 1. The van der Waals surface area contributed by atoms with Crippen molar-refractivity contribution in [3.05, 3.63) is 17.5 Å². The van der Waals surface area contributed by atoms with Crippen molar-refractivity contribution in [2.45, 2.75) is 19.8 Å². The van der Waals surface area contributed by atoms with Gasteiger partial charge in [0.25, 0.3) is 0 Å². The molecule has 1 heterocycles. The molecule has 0 aliphatic rings. The van der Waals surface area contributed by atoms with Crippen molar-refractivity contribution in [2.75, 3.05) is 0 Å². The molecule has 1 rings (SSSR count). The van der Waals surface area contributed by atoms with Gasteiger partial charge in [0.05, 0.1) is 11.6 Å². The van der Waals surface area contributed by atoms with Crippen LogP contribution in [0.4, 0.5) is 0 Å². The average Bonchev–Trinajstić information content (AvgIpc) is 2.28. The summed E-state index contributed by atoms with van der Waals surface area (Å²) in [4.78, 5) is 10.6. The second kappa shape index (κ2) is 2.97. The number of nitrogens with zero attached hydrogens (tertiary/aromatic N) is 2. The van der Waals surface area contributed by atoms with E-state index in [2.05, 4.69) is 5.10 Å². The van der Waals surface area contributed by atoms with Gasteiger partial charge in [0.1, 0.15) is 0 Å². The van der Waals surface area contributed by atoms with Crippen LogP contribution in [0.1, 0.15) is 24.1 Å². The fraction of sp³-hybridized carbons (Fsp3) is 0.500. The van der Waals surface area contributed by atoms with Gasteiger partial charge in [-0.15, -0.1) is 0 Å². The van der Waals surface area contributed by atoms with Crippen LogP contribution in [0.5, 0.6) is 0 Å². The number of hydrogen-bond donors (Lipinski definition) is 1. The lowest BCUT2D eigenvalue weighted by atomic mass is 10.1. The third-order valence-electron chi connectivity index (χ3n) is 1.83. The molecular formula is C8H12N2O2. The minimum Gasteiger partial charge on any atom is -0.481 e. The van der Waals surface area contributed by atoms with Crippen molar-refractivity contribution < 1.29 is 9.90 Å². The Morgan fingerprint density at radius 1 is 1.75 bits per heavy atom. The second-order valence-corrected chi connectivity index (χ2v) is 2.93. The van der Waals surface area contributed by atoms with E-state index in [4.69, 9.17) is 5.11 Å². The lowest BCUT2D eigenvalue weighted by Crippen LogP contribution is -2.09. The molecule has 1 atom stereocenters. The summed E-state index contributed by atoms with van der Waals surface area (Å²) in [5.74, 6) is -1.36. The van der Waals surface area contributed by atoms with Gasteiger partial charge in [0.15, 0.2) is 0 Å². The fourth-order valence-corrected chi connectivity index (χ4v) is 1.17. The van der Waals surface area contributed by atoms with E-state index >= 15 is 0 Å². The van der Waals surface area contributed by atoms with Gasteiger partial charge in [0.2, 0.25) is 0 Å². The van der Waals surface area contributed by atoms with Gasteiger partial charge < -0.3 is 5.11 Å². The lowest BCUT2D eigenvalue weighted by Gasteiger charge is -2.01. The van der Waals surface area contributed by atoms with E-state index in [1.165, 1.54) is 0 Å². The first-order valence-corrected chi connectivity index (χ1v) is 3.75. The van der Waals surface area contributed by atoms with E-state index in [1.807, 2.05) is 13.1 Å². The number of aliphatic carboxylic acids is 1. The molecule has 4 nitrogen and oxygen atoms in total. The number of hydrogen-bond acceptors (Lipinski definition) is 2. The largest absolute Gasteiger partial charge is 0.481 e. The number of aryl methyl sites for hydroxylation is 2. The molecule has 12 heavy (non-hydrogen) atoms. The highest BCUT2D eigenvalue weighted by Gasteiger charge is 2.18. The van der Waals surface area contributed by atoms with Crippen LogP contribution in [-0.2, 0) is 11.8 Å². The van der Waals surface area contributed by atoms with Crippen molar-refractivity contribution in [3.63, 3.8) is 0 Å². The summed E-state index contributed by atoms with van der Waals surface area (Å²) in [6, 6.07) is 0. The van der Waals surface area contributed by atoms with Crippen LogP contribution < -0.4 is 0 Å². The van der Waals surface area contributed by atoms with E-state index in [0.29, 0.717) is 5.69 Å². The first-order chi connectivity index (χ1) is 5.52. The molecule has 0 amide bonds. The molecule has 0 aliphatic heterocycles. The molecule has 0 fully saturated rings. The van der Waals surface area contributed by atoms with Crippen LogP contribution in [0.2, 0.25) is 0 Å². The van der Waals surface area contributed by atoms with Gasteiger partial charge in [0, 0.05) is 13.2 Å². The fourth-order valence-electron chi connectivity index (χ4n) is 1.17. The summed E-state index contributed by atoms with van der Waals surface area (Å²) in [6.07, 6.45) is 1.81. The third-order valence-corrected chi connectivity index (χ3v) is 1.83. The minimum atomic E-state index is -0.836. The summed E-state index contributed by atoms with van der Waals surface area (Å²) < 4.78 is 1.63. The topological polar surface area (TPSA) is 55.1 Å². The Labute approximate surface area is 70.8 Å². The highest BCUT2D eigenvalue weighted by molar-refractivity contribution is 5.75. The van der Waals surface area contributed by atoms with E-state index < -0.39 is 11.9 Å². The van der Waals surface area contributed by atoms with Crippen molar-refractivity contribution >= 4 is 5.97 Å². The van der Waals surface area contributed by atoms with E-state index in [-0.39, 0.29) is 0 Å². The Morgan fingerprint density at radius 3 is 2.67 bits per heavy atom. The highest BCUT2D eigenvalue weighted by Crippen LogP contribution is 2.16. The lowest BCUT2D eigenvalue weighted by molar-refractivity contribution is -0.138. The van der Waals surface area contributed by atoms with Gasteiger partial charge in [-0.05, 0) is 19.4 Å². The van der Waals surface area contributed by atoms with Gasteiger partial charge in [-0.25, -0.2) is 0 Å². The van der Waals surface area contributed by atoms with Crippen LogP contribution in [0.3, 0.4) is 0 Å². The summed E-state index contributed by atoms with van der Waals surface area (Å²) in [7, 11) is 1.78. The molecule has 0 saturated carbocycles. The first-order valence-electron chi connectivity index (χ1n) is 3.75. The Hall–Kier alpha value is -1.32. The molecule has 0 aromatic carbocycles. The van der Waals surface area contributed by atoms with Crippen LogP contribution in [0, 0.1) is 6.92 Å². The molecule has 0 spiro atoms. The van der Waals surface area contributed by atoms with Crippen LogP contribution in [0.15, 0.2) is 6.20 Å². The first kappa shape index (κ1) is 8.77. The van der Waals surface area contributed by atoms with Crippen LogP contribution >= 0.6 is 0 Å². The second-order valence-electron chi connectivity index (χ2n) is 2.93. The van der Waals surface area contributed by atoms with Crippen molar-refractivity contribution in [2.24, 2.45) is 7.05 Å². The summed E-state index contributed by atoms with van der Waals surface area (Å²) >= 11 is 0. The number of carbonyl (C=O) groups is 1. The maximum absolute atomic E-state index is 10.6.